The Morgan fingerprint density at radius 3 is 2.00 bits per heavy atom. The third-order valence-corrected chi connectivity index (χ3v) is 3.26. The van der Waals surface area contributed by atoms with Crippen molar-refractivity contribution in [3.05, 3.63) is 51.2 Å². The molecular weight excluding hydrogens is 354 g/mol. The molecular formula is C13H5Cl3F4O. The third-order valence-electron chi connectivity index (χ3n) is 2.45. The van der Waals surface area contributed by atoms with Crippen LogP contribution in [0.4, 0.5) is 17.6 Å². The van der Waals surface area contributed by atoms with Gasteiger partial charge < -0.3 is 4.74 Å². The number of rotatable bonds is 2. The Balaban J connectivity index is 2.56. The molecule has 2 aromatic carbocycles. The lowest BCUT2D eigenvalue weighted by atomic mass is 10.0. The molecule has 0 heterocycles. The maximum Gasteiger partial charge on any atom is 0.573 e. The monoisotopic (exact) mass is 358 g/mol. The van der Waals surface area contributed by atoms with Gasteiger partial charge in [-0.3, -0.25) is 0 Å². The molecule has 0 aromatic heterocycles. The van der Waals surface area contributed by atoms with E-state index in [2.05, 4.69) is 4.74 Å². The highest BCUT2D eigenvalue weighted by atomic mass is 35.5. The summed E-state index contributed by atoms with van der Waals surface area (Å²) in [5.74, 6) is -1.38. The van der Waals surface area contributed by atoms with E-state index in [0.29, 0.717) is 0 Å². The highest BCUT2D eigenvalue weighted by Crippen LogP contribution is 2.40. The van der Waals surface area contributed by atoms with Crippen LogP contribution in [0.2, 0.25) is 15.1 Å². The SMILES string of the molecule is Fc1ccc(OC(F)(F)F)cc1-c1c(Cl)cc(Cl)cc1Cl. The lowest BCUT2D eigenvalue weighted by Gasteiger charge is -2.13. The van der Waals surface area contributed by atoms with E-state index in [9.17, 15) is 17.6 Å². The molecule has 0 spiro atoms. The van der Waals surface area contributed by atoms with Crippen LogP contribution in [0.25, 0.3) is 11.1 Å². The number of hydrogen-bond acceptors (Lipinski definition) is 1. The molecule has 112 valence electrons. The average Bonchev–Trinajstić information content (AvgIpc) is 2.30. The van der Waals surface area contributed by atoms with E-state index in [1.165, 1.54) is 12.1 Å². The molecule has 1 nitrogen and oxygen atoms in total. The van der Waals surface area contributed by atoms with Crippen LogP contribution in [-0.4, -0.2) is 6.36 Å². The lowest BCUT2D eigenvalue weighted by molar-refractivity contribution is -0.274. The van der Waals surface area contributed by atoms with Gasteiger partial charge in [-0.05, 0) is 30.3 Å². The first kappa shape index (κ1) is 16.2. The van der Waals surface area contributed by atoms with Gasteiger partial charge in [0.15, 0.2) is 0 Å². The fraction of sp³-hybridized carbons (Fsp3) is 0.0769. The van der Waals surface area contributed by atoms with Crippen LogP contribution in [0, 0.1) is 5.82 Å². The molecule has 0 fully saturated rings. The molecule has 0 aliphatic rings. The number of hydrogen-bond donors (Lipinski definition) is 0. The molecule has 2 aromatic rings. The van der Waals surface area contributed by atoms with Crippen molar-refractivity contribution in [3.63, 3.8) is 0 Å². The van der Waals surface area contributed by atoms with Crippen molar-refractivity contribution < 1.29 is 22.3 Å². The maximum atomic E-state index is 13.9. The van der Waals surface area contributed by atoms with Gasteiger partial charge in [0.2, 0.25) is 0 Å². The summed E-state index contributed by atoms with van der Waals surface area (Å²) in [7, 11) is 0. The molecule has 21 heavy (non-hydrogen) atoms. The summed E-state index contributed by atoms with van der Waals surface area (Å²) in [6.45, 7) is 0. The minimum absolute atomic E-state index is 0.00978. The summed E-state index contributed by atoms with van der Waals surface area (Å²) in [6.07, 6.45) is -4.89. The Hall–Kier alpha value is -1.17. The largest absolute Gasteiger partial charge is 0.573 e. The van der Waals surface area contributed by atoms with E-state index in [-0.39, 0.29) is 26.2 Å². The minimum atomic E-state index is -4.89. The van der Waals surface area contributed by atoms with Gasteiger partial charge in [0.25, 0.3) is 0 Å². The number of ether oxygens (including phenoxy) is 1. The van der Waals surface area contributed by atoms with E-state index in [1.807, 2.05) is 0 Å². The van der Waals surface area contributed by atoms with E-state index < -0.39 is 17.9 Å². The Labute approximate surface area is 132 Å². The van der Waals surface area contributed by atoms with Gasteiger partial charge in [-0.25, -0.2) is 4.39 Å². The Morgan fingerprint density at radius 2 is 1.48 bits per heavy atom. The van der Waals surface area contributed by atoms with E-state index in [0.717, 1.165) is 18.2 Å². The maximum absolute atomic E-state index is 13.9. The Kier molecular flexibility index (Phi) is 4.56. The zero-order chi connectivity index (χ0) is 15.8. The summed E-state index contributed by atoms with van der Waals surface area (Å²) in [4.78, 5) is 0. The lowest BCUT2D eigenvalue weighted by Crippen LogP contribution is -2.17. The molecule has 0 atom stereocenters. The first-order valence-electron chi connectivity index (χ1n) is 5.37. The molecule has 2 rings (SSSR count). The van der Waals surface area contributed by atoms with Crippen molar-refractivity contribution in [1.29, 1.82) is 0 Å². The molecule has 0 bridgehead atoms. The van der Waals surface area contributed by atoms with E-state index in [4.69, 9.17) is 34.8 Å². The van der Waals surface area contributed by atoms with Crippen molar-refractivity contribution in [3.8, 4) is 16.9 Å². The zero-order valence-electron chi connectivity index (χ0n) is 9.94. The number of halogens is 7. The van der Waals surface area contributed by atoms with Crippen molar-refractivity contribution in [2.75, 3.05) is 0 Å². The molecule has 0 aliphatic carbocycles. The van der Waals surface area contributed by atoms with Crippen molar-refractivity contribution >= 4 is 34.8 Å². The number of benzene rings is 2. The average molecular weight is 360 g/mol. The summed E-state index contributed by atoms with van der Waals surface area (Å²) < 4.78 is 54.2. The summed E-state index contributed by atoms with van der Waals surface area (Å²) in [6, 6.07) is 5.16. The Morgan fingerprint density at radius 1 is 0.905 bits per heavy atom. The van der Waals surface area contributed by atoms with Gasteiger partial charge in [0, 0.05) is 16.1 Å². The van der Waals surface area contributed by atoms with Gasteiger partial charge in [-0.2, -0.15) is 0 Å². The van der Waals surface area contributed by atoms with Crippen molar-refractivity contribution in [2.24, 2.45) is 0 Å². The molecule has 0 saturated heterocycles. The van der Waals surface area contributed by atoms with Crippen molar-refractivity contribution in [1.82, 2.24) is 0 Å². The van der Waals surface area contributed by atoms with Crippen LogP contribution in [0.1, 0.15) is 0 Å². The first-order valence-corrected chi connectivity index (χ1v) is 6.51. The van der Waals surface area contributed by atoms with Crippen molar-refractivity contribution in [2.45, 2.75) is 6.36 Å². The zero-order valence-corrected chi connectivity index (χ0v) is 12.2. The van der Waals surface area contributed by atoms with E-state index >= 15 is 0 Å². The second kappa shape index (κ2) is 5.91. The summed E-state index contributed by atoms with van der Waals surface area (Å²) in [5.41, 5.74) is -0.184. The second-order valence-electron chi connectivity index (χ2n) is 3.93. The van der Waals surface area contributed by atoms with Gasteiger partial charge in [0.1, 0.15) is 11.6 Å². The molecule has 0 aliphatic heterocycles. The second-order valence-corrected chi connectivity index (χ2v) is 5.18. The molecule has 0 amide bonds. The molecule has 0 saturated carbocycles. The van der Waals surface area contributed by atoms with Crippen LogP contribution < -0.4 is 4.74 Å². The van der Waals surface area contributed by atoms with Gasteiger partial charge >= 0.3 is 6.36 Å². The van der Waals surface area contributed by atoms with Gasteiger partial charge in [-0.15, -0.1) is 13.2 Å². The molecule has 0 radical (unpaired) electrons. The smallest absolute Gasteiger partial charge is 0.406 e. The van der Waals surface area contributed by atoms with Gasteiger partial charge in [0.05, 0.1) is 10.0 Å². The highest BCUT2D eigenvalue weighted by molar-refractivity contribution is 6.41. The minimum Gasteiger partial charge on any atom is -0.406 e. The van der Waals surface area contributed by atoms with Crippen LogP contribution >= 0.6 is 34.8 Å². The molecule has 0 N–H and O–H groups in total. The summed E-state index contributed by atoms with van der Waals surface area (Å²) >= 11 is 17.6. The quantitative estimate of drug-likeness (QED) is 0.568. The molecule has 8 heteroatoms. The molecule has 0 unspecified atom stereocenters. The standard InChI is InChI=1S/C13H5Cl3F4O/c14-6-3-9(15)12(10(16)4-6)8-5-7(1-2-11(8)17)21-13(18,19)20/h1-5H. The fourth-order valence-electron chi connectivity index (χ4n) is 1.69. The van der Waals surface area contributed by atoms with Crippen LogP contribution in [0.5, 0.6) is 5.75 Å². The number of alkyl halides is 3. The predicted octanol–water partition coefficient (Wildman–Crippen LogP) is 6.35. The van der Waals surface area contributed by atoms with Crippen LogP contribution in [0.15, 0.2) is 30.3 Å². The predicted molar refractivity (Wildman–Crippen MR) is 73.5 cm³/mol. The van der Waals surface area contributed by atoms with Crippen LogP contribution in [-0.2, 0) is 0 Å². The normalized spacial score (nSPS) is 11.6. The van der Waals surface area contributed by atoms with Crippen LogP contribution in [0.3, 0.4) is 0 Å². The Bertz CT molecular complexity index is 663. The third kappa shape index (κ3) is 3.93. The highest BCUT2D eigenvalue weighted by Gasteiger charge is 2.31. The van der Waals surface area contributed by atoms with Gasteiger partial charge in [-0.1, -0.05) is 34.8 Å². The van der Waals surface area contributed by atoms with E-state index in [1.54, 1.807) is 0 Å². The topological polar surface area (TPSA) is 9.23 Å². The summed E-state index contributed by atoms with van der Waals surface area (Å²) in [5, 5.41) is 0.239. The fourth-order valence-corrected chi connectivity index (χ4v) is 2.71. The first-order chi connectivity index (χ1) is 9.67.